The van der Waals surface area contributed by atoms with Crippen LogP contribution in [0.1, 0.15) is 130 Å². The number of carbonyl (C=O) groups excluding carboxylic acids is 6. The second-order valence-electron chi connectivity index (χ2n) is 17.3. The van der Waals surface area contributed by atoms with Gasteiger partial charge in [-0.1, -0.05) is 18.6 Å². The minimum Gasteiger partial charge on any atom is -0.397 e. The van der Waals surface area contributed by atoms with Gasteiger partial charge in [0, 0.05) is 80.7 Å². The van der Waals surface area contributed by atoms with E-state index in [0.29, 0.717) is 158 Å². The topological polar surface area (TPSA) is 220 Å². The van der Waals surface area contributed by atoms with Crippen molar-refractivity contribution in [1.82, 2.24) is 10.6 Å². The normalized spacial score (nSPS) is 16.2. The van der Waals surface area contributed by atoms with Gasteiger partial charge in [-0.25, -0.2) is 9.18 Å². The summed E-state index contributed by atoms with van der Waals surface area (Å²) in [7, 11) is 0. The fourth-order valence-electron chi connectivity index (χ4n) is 7.78. The van der Waals surface area contributed by atoms with Gasteiger partial charge in [-0.15, -0.1) is 0 Å². The van der Waals surface area contributed by atoms with E-state index in [9.17, 15) is 33.2 Å². The van der Waals surface area contributed by atoms with Crippen LogP contribution in [0.25, 0.3) is 0 Å². The number of ketones is 4. The van der Waals surface area contributed by atoms with Gasteiger partial charge >= 0.3 is 6.03 Å². The summed E-state index contributed by atoms with van der Waals surface area (Å²) >= 11 is 1.91. The lowest BCUT2D eigenvalue weighted by atomic mass is 10.0. The Kier molecular flexibility index (Phi) is 29.0. The van der Waals surface area contributed by atoms with E-state index in [-0.39, 0.29) is 47.6 Å². The molecule has 2 unspecified atom stereocenters. The minimum absolute atomic E-state index is 0.0238. The molecule has 3 amide bonds. The number of unbranched alkanes of at least 4 members (excludes halogenated alkanes) is 5. The van der Waals surface area contributed by atoms with Crippen molar-refractivity contribution in [1.29, 1.82) is 0 Å². The van der Waals surface area contributed by atoms with Crippen molar-refractivity contribution >= 4 is 58.2 Å². The van der Waals surface area contributed by atoms with Gasteiger partial charge in [-0.05, 0) is 94.5 Å². The summed E-state index contributed by atoms with van der Waals surface area (Å²) in [5.41, 5.74) is 7.05. The number of fused-ring (bicyclic) bond motifs is 1. The van der Waals surface area contributed by atoms with Crippen molar-refractivity contribution in [3.05, 3.63) is 59.4 Å². The molecule has 5 N–H and O–H groups in total. The molecule has 2 heterocycles. The molecule has 2 fully saturated rings. The molecule has 0 aliphatic carbocycles. The number of anilines is 2. The number of ether oxygens (including phenoxy) is 6. The number of nitrogen functional groups attached to an aromatic ring is 1. The number of nitrogens with one attached hydrogen (secondary N) is 3. The maximum Gasteiger partial charge on any atom is 0.315 e. The van der Waals surface area contributed by atoms with E-state index >= 15 is 0 Å². The molecule has 0 bridgehead atoms. The predicted octanol–water partition coefficient (Wildman–Crippen LogP) is 7.45. The number of Topliss-reactive ketones (excluding diaryl/α,β-unsaturated/α-hetero) is 4. The molecular weight excluding hydrogens is 912 g/mol. The molecule has 0 saturated carbocycles. The molecule has 0 radical (unpaired) electrons. The molecule has 69 heavy (non-hydrogen) atoms. The molecule has 4 rings (SSSR count). The van der Waals surface area contributed by atoms with E-state index in [1.54, 1.807) is 24.3 Å². The Hall–Kier alpha value is -4.30. The fraction of sp³-hybridized carbons (Fsp3) is 0.647. The van der Waals surface area contributed by atoms with Crippen LogP contribution < -0.4 is 21.7 Å². The smallest absolute Gasteiger partial charge is 0.315 e. The van der Waals surface area contributed by atoms with Crippen LogP contribution in [0, 0.1) is 5.82 Å². The first-order valence-corrected chi connectivity index (χ1v) is 25.8. The molecule has 384 valence electrons. The van der Waals surface area contributed by atoms with Crippen molar-refractivity contribution < 1.29 is 61.6 Å². The zero-order valence-electron chi connectivity index (χ0n) is 40.2. The summed E-state index contributed by atoms with van der Waals surface area (Å²) in [6, 6.07) is 10.5. The van der Waals surface area contributed by atoms with Crippen molar-refractivity contribution in [3.8, 4) is 0 Å². The zero-order chi connectivity index (χ0) is 49.3. The lowest BCUT2D eigenvalue weighted by Crippen LogP contribution is -2.36. The van der Waals surface area contributed by atoms with Crippen LogP contribution in [-0.4, -0.2) is 137 Å². The maximum atomic E-state index is 13.3. The Bertz CT molecular complexity index is 1860. The highest BCUT2D eigenvalue weighted by Crippen LogP contribution is 2.33. The van der Waals surface area contributed by atoms with Crippen LogP contribution in [0.4, 0.5) is 20.6 Å². The summed E-state index contributed by atoms with van der Waals surface area (Å²) in [5.74, 6) is 0.269. The predicted molar refractivity (Wildman–Crippen MR) is 263 cm³/mol. The monoisotopic (exact) mass is 987 g/mol. The number of hydrogen-bond acceptors (Lipinski definition) is 14. The van der Waals surface area contributed by atoms with Gasteiger partial charge in [0.25, 0.3) is 5.91 Å². The number of benzene rings is 2. The highest BCUT2D eigenvalue weighted by Gasteiger charge is 2.42. The lowest BCUT2D eigenvalue weighted by molar-refractivity contribution is -0.127. The first-order valence-electron chi connectivity index (χ1n) is 24.8. The van der Waals surface area contributed by atoms with Gasteiger partial charge < -0.3 is 50.1 Å². The summed E-state index contributed by atoms with van der Waals surface area (Å²) in [5, 5.41) is 9.06. The van der Waals surface area contributed by atoms with Crippen molar-refractivity contribution in [2.24, 2.45) is 0 Å². The summed E-state index contributed by atoms with van der Waals surface area (Å²) in [4.78, 5) is 73.2. The van der Waals surface area contributed by atoms with Crippen LogP contribution in [-0.2, 0) is 42.8 Å². The van der Waals surface area contributed by atoms with Crippen LogP contribution in [0.2, 0.25) is 0 Å². The standard InChI is InChI=1S/C51H75FN4O12S/c52-40-21-22-45(44(53)35-40)54-50(61)39-19-17-38(18-20-39)47(60)15-6-10-26-66-30-34-68-33-29-65-25-9-5-14-43(59)36-42(58)13-4-8-24-64-28-32-67-31-27-63-23-7-3-12-41(57)11-1-2-16-48-49-46(37-69-48)55-51(62)56-49/h17-22,35,46,48-49H,1-16,23-34,36-37,53H2,(H,54,61)(H2,55,56,62)/t46?,48-,49?/m0/s1. The molecule has 2 aliphatic heterocycles. The van der Waals surface area contributed by atoms with Gasteiger partial charge in [0.1, 0.15) is 23.2 Å². The van der Waals surface area contributed by atoms with Crippen molar-refractivity contribution in [2.75, 3.05) is 96.1 Å². The Labute approximate surface area is 411 Å². The van der Waals surface area contributed by atoms with Crippen LogP contribution in [0.15, 0.2) is 42.5 Å². The molecule has 2 aromatic carbocycles. The van der Waals surface area contributed by atoms with Crippen LogP contribution in [0.5, 0.6) is 0 Å². The molecule has 3 atom stereocenters. The molecule has 2 aromatic rings. The third-order valence-electron chi connectivity index (χ3n) is 11.7. The fourth-order valence-corrected chi connectivity index (χ4v) is 9.32. The third kappa shape index (κ3) is 24.9. The Morgan fingerprint density at radius 1 is 0.580 bits per heavy atom. The molecule has 0 aromatic heterocycles. The van der Waals surface area contributed by atoms with Gasteiger partial charge in [-0.2, -0.15) is 11.8 Å². The molecular formula is C51H75FN4O12S. The number of carbonyl (C=O) groups is 6. The van der Waals surface area contributed by atoms with Crippen molar-refractivity contribution in [2.45, 2.75) is 126 Å². The molecule has 16 nitrogen and oxygen atoms in total. The highest BCUT2D eigenvalue weighted by atomic mass is 32.2. The van der Waals surface area contributed by atoms with Crippen molar-refractivity contribution in [3.63, 3.8) is 0 Å². The van der Waals surface area contributed by atoms with E-state index in [2.05, 4.69) is 16.0 Å². The molecule has 2 aliphatic rings. The number of hydrogen-bond donors (Lipinski definition) is 4. The number of rotatable bonds is 42. The van der Waals surface area contributed by atoms with Gasteiger partial charge in [0.15, 0.2) is 5.78 Å². The number of halogens is 1. The van der Waals surface area contributed by atoms with E-state index < -0.39 is 11.7 Å². The van der Waals surface area contributed by atoms with Gasteiger partial charge in [-0.3, -0.25) is 24.0 Å². The summed E-state index contributed by atoms with van der Waals surface area (Å²) in [6.45, 7) is 5.81. The Morgan fingerprint density at radius 3 is 1.57 bits per heavy atom. The van der Waals surface area contributed by atoms with Gasteiger partial charge in [0.05, 0.1) is 82.7 Å². The quantitative estimate of drug-likeness (QED) is 0.0167. The average molecular weight is 987 g/mol. The zero-order valence-corrected chi connectivity index (χ0v) is 41.1. The Balaban J connectivity index is 0.807. The number of urea groups is 1. The number of amides is 3. The SMILES string of the molecule is Nc1cc(F)ccc1NC(=O)c1ccc(C(=O)CCCCOCCOCCOCCCCC(=O)CC(=O)CCCCOCCOCCOCCCCC(=O)CCCC[C@@H]2SCC3NC(=O)NC32)cc1. The average Bonchev–Trinajstić information content (AvgIpc) is 3.89. The third-order valence-corrected chi connectivity index (χ3v) is 13.2. The number of nitrogens with two attached hydrogens (primary N) is 1. The Morgan fingerprint density at radius 2 is 1.04 bits per heavy atom. The summed E-state index contributed by atoms with van der Waals surface area (Å²) < 4.78 is 46.7. The maximum absolute atomic E-state index is 13.3. The first kappa shape index (κ1) is 57.3. The summed E-state index contributed by atoms with van der Waals surface area (Å²) in [6.07, 6.45) is 11.1. The van der Waals surface area contributed by atoms with E-state index in [1.165, 1.54) is 12.1 Å². The molecule has 2 saturated heterocycles. The van der Waals surface area contributed by atoms with E-state index in [0.717, 1.165) is 63.2 Å². The molecule has 0 spiro atoms. The lowest BCUT2D eigenvalue weighted by Gasteiger charge is -2.16. The first-order chi connectivity index (χ1) is 33.6. The van der Waals surface area contributed by atoms with E-state index in [1.807, 2.05) is 11.8 Å². The second-order valence-corrected chi connectivity index (χ2v) is 18.6. The highest BCUT2D eigenvalue weighted by molar-refractivity contribution is 8.00. The molecule has 18 heteroatoms. The van der Waals surface area contributed by atoms with Crippen LogP contribution >= 0.6 is 11.8 Å². The van der Waals surface area contributed by atoms with Gasteiger partial charge in [0.2, 0.25) is 0 Å². The number of thioether (sulfide) groups is 1. The second kappa shape index (κ2) is 34.9. The largest absolute Gasteiger partial charge is 0.397 e. The van der Waals surface area contributed by atoms with E-state index in [4.69, 9.17) is 34.2 Å². The van der Waals surface area contributed by atoms with Crippen LogP contribution in [0.3, 0.4) is 0 Å². The minimum atomic E-state index is -0.493.